The Morgan fingerprint density at radius 1 is 0.788 bits per heavy atom. The van der Waals surface area contributed by atoms with E-state index < -0.39 is 11.6 Å². The Hall–Kier alpha value is -3.60. The molecule has 0 aliphatic heterocycles. The van der Waals surface area contributed by atoms with Gasteiger partial charge in [-0.25, -0.2) is 13.2 Å². The molecule has 0 amide bonds. The van der Waals surface area contributed by atoms with Crippen molar-refractivity contribution in [3.05, 3.63) is 119 Å². The average Bonchev–Trinajstić information content (AvgIpc) is 2.83. The van der Waals surface area contributed by atoms with Gasteiger partial charge < -0.3 is 4.74 Å². The highest BCUT2D eigenvalue weighted by Crippen LogP contribution is 2.24. The van der Waals surface area contributed by atoms with Crippen LogP contribution in [0.25, 0.3) is 10.8 Å². The molecule has 2 nitrogen and oxygen atoms in total. The standard InChI is InChI=1S/C28H24F3NO/c1-2-15-33-24-12-11-23(32-18-24)10-4-19-5-13-25-22(16-19)9-8-21(28(25)31)7-3-20-6-14-26(29)27(30)17-20/h2,5-6,8-9,11-14,16-18H,1,3-4,7,10,15H2. The first-order valence-corrected chi connectivity index (χ1v) is 10.9. The number of nitrogens with zero attached hydrogens (tertiary/aromatic N) is 1. The Bertz CT molecular complexity index is 1270. The minimum atomic E-state index is -0.883. The van der Waals surface area contributed by atoms with Crippen LogP contribution in [0.5, 0.6) is 5.75 Å². The van der Waals surface area contributed by atoms with Crippen LogP contribution in [0.1, 0.15) is 22.4 Å². The second-order valence-corrected chi connectivity index (χ2v) is 7.93. The molecular weight excluding hydrogens is 423 g/mol. The molecule has 0 fully saturated rings. The summed E-state index contributed by atoms with van der Waals surface area (Å²) in [6.07, 6.45) is 5.79. The third-order valence-corrected chi connectivity index (χ3v) is 5.60. The molecule has 0 N–H and O–H groups in total. The number of hydrogen-bond acceptors (Lipinski definition) is 2. The van der Waals surface area contributed by atoms with Crippen molar-refractivity contribution in [3.8, 4) is 5.75 Å². The second-order valence-electron chi connectivity index (χ2n) is 7.93. The van der Waals surface area contributed by atoms with Crippen molar-refractivity contribution < 1.29 is 17.9 Å². The van der Waals surface area contributed by atoms with E-state index in [2.05, 4.69) is 11.6 Å². The lowest BCUT2D eigenvalue weighted by atomic mass is 9.98. The molecule has 1 heterocycles. The Kier molecular flexibility index (Phi) is 7.08. The van der Waals surface area contributed by atoms with Gasteiger partial charge in [0.05, 0.1) is 6.20 Å². The number of rotatable bonds is 9. The van der Waals surface area contributed by atoms with Gasteiger partial charge in [0, 0.05) is 11.1 Å². The molecule has 3 aromatic carbocycles. The molecule has 4 aromatic rings. The quantitative estimate of drug-likeness (QED) is 0.264. The van der Waals surface area contributed by atoms with Gasteiger partial charge in [-0.05, 0) is 72.0 Å². The van der Waals surface area contributed by atoms with Crippen LogP contribution >= 0.6 is 0 Å². The molecule has 0 unspecified atom stereocenters. The normalized spacial score (nSPS) is 11.0. The van der Waals surface area contributed by atoms with Crippen molar-refractivity contribution in [2.75, 3.05) is 6.61 Å². The summed E-state index contributed by atoms with van der Waals surface area (Å²) < 4.78 is 47.0. The maximum absolute atomic E-state index is 15.1. The molecule has 0 saturated heterocycles. The zero-order valence-corrected chi connectivity index (χ0v) is 18.2. The van der Waals surface area contributed by atoms with Gasteiger partial charge in [-0.1, -0.05) is 49.1 Å². The van der Waals surface area contributed by atoms with E-state index in [1.165, 1.54) is 6.07 Å². The predicted octanol–water partition coefficient (Wildman–Crippen LogP) is 6.79. The average molecular weight is 448 g/mol. The number of ether oxygens (including phenoxy) is 1. The van der Waals surface area contributed by atoms with E-state index in [4.69, 9.17) is 4.74 Å². The molecule has 0 spiro atoms. The number of benzene rings is 3. The molecule has 0 bridgehead atoms. The fourth-order valence-corrected chi connectivity index (χ4v) is 3.78. The molecule has 5 heteroatoms. The number of hydrogen-bond donors (Lipinski definition) is 0. The number of aromatic nitrogens is 1. The van der Waals surface area contributed by atoms with Gasteiger partial charge in [0.1, 0.15) is 18.2 Å². The van der Waals surface area contributed by atoms with Crippen molar-refractivity contribution in [2.24, 2.45) is 0 Å². The van der Waals surface area contributed by atoms with Crippen LogP contribution in [-0.4, -0.2) is 11.6 Å². The third-order valence-electron chi connectivity index (χ3n) is 5.60. The maximum Gasteiger partial charge on any atom is 0.159 e. The fourth-order valence-electron chi connectivity index (χ4n) is 3.78. The summed E-state index contributed by atoms with van der Waals surface area (Å²) in [7, 11) is 0. The topological polar surface area (TPSA) is 22.1 Å². The monoisotopic (exact) mass is 447 g/mol. The van der Waals surface area contributed by atoms with Crippen molar-refractivity contribution in [1.82, 2.24) is 4.98 Å². The zero-order valence-electron chi connectivity index (χ0n) is 18.2. The van der Waals surface area contributed by atoms with E-state index in [-0.39, 0.29) is 5.82 Å². The van der Waals surface area contributed by atoms with Crippen molar-refractivity contribution in [1.29, 1.82) is 0 Å². The highest BCUT2D eigenvalue weighted by atomic mass is 19.2. The Balaban J connectivity index is 1.41. The van der Waals surface area contributed by atoms with Gasteiger partial charge in [0.15, 0.2) is 11.6 Å². The zero-order chi connectivity index (χ0) is 23.2. The smallest absolute Gasteiger partial charge is 0.159 e. The lowest BCUT2D eigenvalue weighted by molar-refractivity contribution is 0.361. The van der Waals surface area contributed by atoms with Gasteiger partial charge in [-0.2, -0.15) is 0 Å². The van der Waals surface area contributed by atoms with Crippen molar-refractivity contribution >= 4 is 10.8 Å². The van der Waals surface area contributed by atoms with Crippen molar-refractivity contribution in [3.63, 3.8) is 0 Å². The molecule has 0 saturated carbocycles. The number of aryl methyl sites for hydroxylation is 4. The molecule has 33 heavy (non-hydrogen) atoms. The largest absolute Gasteiger partial charge is 0.488 e. The molecule has 0 atom stereocenters. The Morgan fingerprint density at radius 3 is 2.33 bits per heavy atom. The van der Waals surface area contributed by atoms with E-state index in [0.29, 0.717) is 41.7 Å². The number of pyridine rings is 1. The minimum Gasteiger partial charge on any atom is -0.488 e. The van der Waals surface area contributed by atoms with Gasteiger partial charge in [-0.3, -0.25) is 4.98 Å². The SMILES string of the molecule is C=CCOc1ccc(CCc2ccc3c(F)c(CCc4ccc(F)c(F)c4)ccc3c2)nc1. The van der Waals surface area contributed by atoms with Crippen LogP contribution in [0.3, 0.4) is 0 Å². The lowest BCUT2D eigenvalue weighted by Gasteiger charge is -2.09. The lowest BCUT2D eigenvalue weighted by Crippen LogP contribution is -1.99. The van der Waals surface area contributed by atoms with Gasteiger partial charge in [0.25, 0.3) is 0 Å². The molecule has 1 aromatic heterocycles. The minimum absolute atomic E-state index is 0.265. The molecule has 168 valence electrons. The fraction of sp³-hybridized carbons (Fsp3) is 0.179. The van der Waals surface area contributed by atoms with Crippen LogP contribution in [0.2, 0.25) is 0 Å². The Labute approximate surface area is 191 Å². The first-order valence-electron chi connectivity index (χ1n) is 10.9. The van der Waals surface area contributed by atoms with E-state index in [9.17, 15) is 8.78 Å². The highest BCUT2D eigenvalue weighted by molar-refractivity contribution is 5.84. The third kappa shape index (κ3) is 5.61. The molecule has 0 aliphatic carbocycles. The van der Waals surface area contributed by atoms with Crippen molar-refractivity contribution in [2.45, 2.75) is 25.7 Å². The summed E-state index contributed by atoms with van der Waals surface area (Å²) in [5, 5.41) is 1.39. The van der Waals surface area contributed by atoms with Crippen LogP contribution in [0.4, 0.5) is 13.2 Å². The summed E-state index contributed by atoms with van der Waals surface area (Å²) in [6.45, 7) is 4.07. The predicted molar refractivity (Wildman–Crippen MR) is 125 cm³/mol. The van der Waals surface area contributed by atoms with Crippen LogP contribution in [0.15, 0.2) is 79.5 Å². The van der Waals surface area contributed by atoms with Crippen LogP contribution < -0.4 is 4.74 Å². The molecule has 4 rings (SSSR count). The molecule has 0 aliphatic rings. The van der Waals surface area contributed by atoms with E-state index in [1.807, 2.05) is 30.3 Å². The summed E-state index contributed by atoms with van der Waals surface area (Å²) in [5.41, 5.74) is 3.26. The second kappa shape index (κ2) is 10.3. The summed E-state index contributed by atoms with van der Waals surface area (Å²) >= 11 is 0. The number of fused-ring (bicyclic) bond motifs is 1. The van der Waals surface area contributed by atoms with Crippen LogP contribution in [-0.2, 0) is 25.7 Å². The van der Waals surface area contributed by atoms with Gasteiger partial charge in [-0.15, -0.1) is 0 Å². The van der Waals surface area contributed by atoms with E-state index in [0.717, 1.165) is 41.6 Å². The molecule has 0 radical (unpaired) electrons. The summed E-state index contributed by atoms with van der Waals surface area (Å²) in [6, 6.07) is 17.0. The van der Waals surface area contributed by atoms with E-state index >= 15 is 4.39 Å². The number of halogens is 3. The van der Waals surface area contributed by atoms with Gasteiger partial charge in [0.2, 0.25) is 0 Å². The highest BCUT2D eigenvalue weighted by Gasteiger charge is 2.10. The Morgan fingerprint density at radius 2 is 1.58 bits per heavy atom. The summed E-state index contributed by atoms with van der Waals surface area (Å²) in [5.74, 6) is -1.32. The maximum atomic E-state index is 15.1. The first-order chi connectivity index (χ1) is 16.0. The molecular formula is C28H24F3NO. The summed E-state index contributed by atoms with van der Waals surface area (Å²) in [4.78, 5) is 4.43. The van der Waals surface area contributed by atoms with Crippen LogP contribution in [0, 0.1) is 17.5 Å². The van der Waals surface area contributed by atoms with E-state index in [1.54, 1.807) is 24.4 Å². The van der Waals surface area contributed by atoms with Gasteiger partial charge >= 0.3 is 0 Å². The first kappa shape index (κ1) is 22.6.